The number of aliphatic hydroxyl groups excluding tert-OH is 1. The lowest BCUT2D eigenvalue weighted by Gasteiger charge is -2.13. The lowest BCUT2D eigenvalue weighted by molar-refractivity contribution is 0.0744. The van der Waals surface area contributed by atoms with Gasteiger partial charge in [0.15, 0.2) is 5.78 Å². The smallest absolute Gasteiger partial charge is 0.196 e. The topological polar surface area (TPSA) is 37.3 Å². The molecule has 0 heterocycles. The zero-order valence-electron chi connectivity index (χ0n) is 12.7. The summed E-state index contributed by atoms with van der Waals surface area (Å²) in [4.78, 5) is 14.5. The van der Waals surface area contributed by atoms with E-state index in [-0.39, 0.29) is 5.78 Å². The van der Waals surface area contributed by atoms with Crippen molar-refractivity contribution >= 4 is 29.1 Å². The number of ketones is 1. The molecule has 1 N–H and O–H groups in total. The first-order valence-electron chi connectivity index (χ1n) is 7.45. The van der Waals surface area contributed by atoms with Gasteiger partial charge in [0, 0.05) is 20.4 Å². The summed E-state index contributed by atoms with van der Waals surface area (Å²) in [6, 6.07) is 23.7. The second-order valence-electron chi connectivity index (χ2n) is 5.23. The second-order valence-corrected chi connectivity index (χ2v) is 6.78. The van der Waals surface area contributed by atoms with E-state index in [0.29, 0.717) is 16.1 Å². The van der Waals surface area contributed by atoms with E-state index in [0.717, 1.165) is 9.79 Å². The number of hydrogen-bond donors (Lipinski definition) is 1. The van der Waals surface area contributed by atoms with Crippen molar-refractivity contribution in [3.63, 3.8) is 0 Å². The molecule has 0 saturated carbocycles. The second kappa shape index (κ2) is 7.67. The molecule has 3 aromatic carbocycles. The molecule has 0 bridgehead atoms. The Balaban J connectivity index is 1.88. The maximum Gasteiger partial charge on any atom is 0.196 e. The van der Waals surface area contributed by atoms with Gasteiger partial charge in [-0.2, -0.15) is 0 Å². The van der Waals surface area contributed by atoms with E-state index in [1.807, 2.05) is 42.5 Å². The minimum Gasteiger partial charge on any atom is -0.380 e. The molecule has 0 aromatic heterocycles. The normalized spacial score (nSPS) is 11.9. The Morgan fingerprint density at radius 1 is 0.875 bits per heavy atom. The minimum absolute atomic E-state index is 0.307. The van der Waals surface area contributed by atoms with E-state index in [2.05, 4.69) is 0 Å². The molecular weight excluding hydrogens is 340 g/mol. The average Bonchev–Trinajstić information content (AvgIpc) is 2.63. The summed E-state index contributed by atoms with van der Waals surface area (Å²) in [6.45, 7) is 0. The maximum absolute atomic E-state index is 12.7. The van der Waals surface area contributed by atoms with Crippen LogP contribution in [0, 0.1) is 0 Å². The molecule has 3 aromatic rings. The number of carbonyl (C=O) groups excluding carboxylic acids is 1. The van der Waals surface area contributed by atoms with Gasteiger partial charge in [0.05, 0.1) is 0 Å². The fourth-order valence-electron chi connectivity index (χ4n) is 2.32. The van der Waals surface area contributed by atoms with Crippen molar-refractivity contribution in [2.75, 3.05) is 0 Å². The predicted octanol–water partition coefficient (Wildman–Crippen LogP) is 5.41. The highest BCUT2D eigenvalue weighted by atomic mass is 35.5. The predicted molar refractivity (Wildman–Crippen MR) is 97.7 cm³/mol. The van der Waals surface area contributed by atoms with E-state index < -0.39 is 6.10 Å². The molecule has 0 aliphatic heterocycles. The molecule has 0 aliphatic rings. The molecular formula is C20H15ClO2S. The lowest BCUT2D eigenvalue weighted by atomic mass is 10.00. The van der Waals surface area contributed by atoms with Gasteiger partial charge < -0.3 is 5.11 Å². The van der Waals surface area contributed by atoms with Gasteiger partial charge in [0.25, 0.3) is 0 Å². The zero-order valence-corrected chi connectivity index (χ0v) is 14.3. The molecule has 0 fully saturated rings. The first-order chi connectivity index (χ1) is 11.6. The van der Waals surface area contributed by atoms with Crippen LogP contribution in [0.2, 0.25) is 5.02 Å². The third-order valence-electron chi connectivity index (χ3n) is 3.56. The van der Waals surface area contributed by atoms with Gasteiger partial charge in [-0.3, -0.25) is 4.79 Å². The summed E-state index contributed by atoms with van der Waals surface area (Å²) >= 11 is 7.38. The number of Topliss-reactive ketones (excluding diaryl/α,β-unsaturated/α-hetero) is 1. The highest BCUT2D eigenvalue weighted by molar-refractivity contribution is 7.99. The molecule has 0 saturated heterocycles. The average molecular weight is 355 g/mol. The Bertz CT molecular complexity index is 832. The van der Waals surface area contributed by atoms with Crippen LogP contribution in [-0.4, -0.2) is 10.9 Å². The van der Waals surface area contributed by atoms with Crippen molar-refractivity contribution in [3.05, 3.63) is 95.0 Å². The van der Waals surface area contributed by atoms with Crippen molar-refractivity contribution in [3.8, 4) is 0 Å². The van der Waals surface area contributed by atoms with Crippen LogP contribution in [-0.2, 0) is 0 Å². The molecule has 0 radical (unpaired) electrons. The standard InChI is InChI=1S/C20H15ClO2S/c21-15-10-12-16(13-11-15)24-18-9-5-4-8-17(18)20(23)19(22)14-6-2-1-3-7-14/h1-13,19,22H. The van der Waals surface area contributed by atoms with Crippen LogP contribution in [0.15, 0.2) is 88.7 Å². The van der Waals surface area contributed by atoms with Crippen molar-refractivity contribution in [1.29, 1.82) is 0 Å². The van der Waals surface area contributed by atoms with Crippen molar-refractivity contribution in [2.45, 2.75) is 15.9 Å². The van der Waals surface area contributed by atoms with Crippen LogP contribution < -0.4 is 0 Å². The Kier molecular flexibility index (Phi) is 5.36. The van der Waals surface area contributed by atoms with E-state index in [1.165, 1.54) is 11.8 Å². The van der Waals surface area contributed by atoms with Crippen LogP contribution in [0.1, 0.15) is 22.0 Å². The SMILES string of the molecule is O=C(c1ccccc1Sc1ccc(Cl)cc1)C(O)c1ccccc1. The van der Waals surface area contributed by atoms with Crippen LogP contribution in [0.25, 0.3) is 0 Å². The Morgan fingerprint density at radius 3 is 2.21 bits per heavy atom. The van der Waals surface area contributed by atoms with E-state index in [1.54, 1.807) is 36.4 Å². The Hall–Kier alpha value is -2.07. The van der Waals surface area contributed by atoms with Gasteiger partial charge in [-0.05, 0) is 35.9 Å². The van der Waals surface area contributed by atoms with Crippen LogP contribution in [0.3, 0.4) is 0 Å². The Labute approximate surface area is 150 Å². The minimum atomic E-state index is -1.17. The van der Waals surface area contributed by atoms with Crippen molar-refractivity contribution in [2.24, 2.45) is 0 Å². The summed E-state index contributed by atoms with van der Waals surface area (Å²) in [5, 5.41) is 11.1. The maximum atomic E-state index is 12.7. The molecule has 0 aliphatic carbocycles. The number of carbonyl (C=O) groups is 1. The number of aliphatic hydroxyl groups is 1. The summed E-state index contributed by atoms with van der Waals surface area (Å²) < 4.78 is 0. The number of halogens is 1. The summed E-state index contributed by atoms with van der Waals surface area (Å²) in [5.41, 5.74) is 1.10. The van der Waals surface area contributed by atoms with Crippen molar-refractivity contribution < 1.29 is 9.90 Å². The van der Waals surface area contributed by atoms with Crippen LogP contribution in [0.5, 0.6) is 0 Å². The summed E-state index contributed by atoms with van der Waals surface area (Å²) in [6.07, 6.45) is -1.17. The fraction of sp³-hybridized carbons (Fsp3) is 0.0500. The number of benzene rings is 3. The molecule has 0 spiro atoms. The molecule has 3 rings (SSSR count). The van der Waals surface area contributed by atoms with Gasteiger partial charge in [-0.15, -0.1) is 0 Å². The molecule has 1 atom stereocenters. The van der Waals surface area contributed by atoms with Gasteiger partial charge >= 0.3 is 0 Å². The van der Waals surface area contributed by atoms with Crippen molar-refractivity contribution in [1.82, 2.24) is 0 Å². The van der Waals surface area contributed by atoms with E-state index in [9.17, 15) is 9.90 Å². The first kappa shape index (κ1) is 16.8. The van der Waals surface area contributed by atoms with Gasteiger partial charge in [0.1, 0.15) is 6.10 Å². The molecule has 1 unspecified atom stereocenters. The monoisotopic (exact) mass is 354 g/mol. The van der Waals surface area contributed by atoms with Crippen LogP contribution >= 0.6 is 23.4 Å². The molecule has 24 heavy (non-hydrogen) atoms. The van der Waals surface area contributed by atoms with Gasteiger partial charge in [-0.1, -0.05) is 71.9 Å². The Morgan fingerprint density at radius 2 is 1.50 bits per heavy atom. The third kappa shape index (κ3) is 3.88. The molecule has 120 valence electrons. The first-order valence-corrected chi connectivity index (χ1v) is 8.64. The molecule has 4 heteroatoms. The number of hydrogen-bond acceptors (Lipinski definition) is 3. The summed E-state index contributed by atoms with van der Waals surface area (Å²) in [7, 11) is 0. The zero-order chi connectivity index (χ0) is 16.9. The largest absolute Gasteiger partial charge is 0.380 e. The number of rotatable bonds is 5. The van der Waals surface area contributed by atoms with E-state index >= 15 is 0 Å². The quantitative estimate of drug-likeness (QED) is 0.622. The van der Waals surface area contributed by atoms with E-state index in [4.69, 9.17) is 11.6 Å². The highest BCUT2D eigenvalue weighted by Crippen LogP contribution is 2.33. The molecule has 0 amide bonds. The van der Waals surface area contributed by atoms with Crippen LogP contribution in [0.4, 0.5) is 0 Å². The fourth-order valence-corrected chi connectivity index (χ4v) is 3.40. The summed E-state index contributed by atoms with van der Waals surface area (Å²) in [5.74, 6) is -0.307. The van der Waals surface area contributed by atoms with Gasteiger partial charge in [0.2, 0.25) is 0 Å². The third-order valence-corrected chi connectivity index (χ3v) is 4.89. The van der Waals surface area contributed by atoms with Gasteiger partial charge in [-0.25, -0.2) is 0 Å². The lowest BCUT2D eigenvalue weighted by Crippen LogP contribution is -2.13. The highest BCUT2D eigenvalue weighted by Gasteiger charge is 2.21. The molecule has 2 nitrogen and oxygen atoms in total.